The Morgan fingerprint density at radius 3 is 2.72 bits per heavy atom. The molecule has 0 atom stereocenters. The highest BCUT2D eigenvalue weighted by Gasteiger charge is 2.07. The third kappa shape index (κ3) is 2.96. The molecule has 0 aliphatic heterocycles. The number of benzene rings is 1. The van der Waals surface area contributed by atoms with Gasteiger partial charge < -0.3 is 5.32 Å². The van der Waals surface area contributed by atoms with E-state index in [1.54, 1.807) is 16.9 Å². The minimum Gasteiger partial charge on any atom is -0.310 e. The zero-order chi connectivity index (χ0) is 13.1. The van der Waals surface area contributed by atoms with Crippen LogP contribution in [0.5, 0.6) is 0 Å². The molecule has 96 valence electrons. The number of halogens is 1. The molecule has 2 rings (SSSR count). The topological polar surface area (TPSA) is 29.9 Å². The minimum absolute atomic E-state index is 0.171. The Balaban J connectivity index is 2.25. The lowest BCUT2D eigenvalue weighted by Gasteiger charge is -2.10. The average molecular weight is 247 g/mol. The first-order valence-electron chi connectivity index (χ1n) is 6.07. The van der Waals surface area contributed by atoms with Crippen molar-refractivity contribution in [3.05, 3.63) is 42.0 Å². The van der Waals surface area contributed by atoms with Crippen molar-refractivity contribution in [3.63, 3.8) is 0 Å². The minimum atomic E-state index is -0.171. The van der Waals surface area contributed by atoms with Crippen LogP contribution >= 0.6 is 0 Å². The number of aromatic nitrogens is 2. The van der Waals surface area contributed by atoms with Gasteiger partial charge in [0.25, 0.3) is 0 Å². The lowest BCUT2D eigenvalue weighted by Crippen LogP contribution is -2.22. The van der Waals surface area contributed by atoms with Crippen molar-refractivity contribution in [3.8, 4) is 11.1 Å². The second-order valence-corrected chi connectivity index (χ2v) is 4.74. The number of rotatable bonds is 4. The van der Waals surface area contributed by atoms with Gasteiger partial charge in [0.05, 0.1) is 6.20 Å². The van der Waals surface area contributed by atoms with Gasteiger partial charge in [0.2, 0.25) is 0 Å². The smallest absolute Gasteiger partial charge is 0.127 e. The van der Waals surface area contributed by atoms with Crippen LogP contribution in [0.15, 0.2) is 30.6 Å². The van der Waals surface area contributed by atoms with E-state index in [1.165, 1.54) is 6.07 Å². The van der Waals surface area contributed by atoms with E-state index in [9.17, 15) is 4.39 Å². The number of nitrogens with zero attached hydrogens (tertiary/aromatic N) is 2. The molecular weight excluding hydrogens is 229 g/mol. The van der Waals surface area contributed by atoms with Gasteiger partial charge in [-0.1, -0.05) is 19.9 Å². The molecular formula is C14H18FN3. The van der Waals surface area contributed by atoms with E-state index in [0.717, 1.165) is 11.1 Å². The highest BCUT2D eigenvalue weighted by atomic mass is 19.1. The predicted octanol–water partition coefficient (Wildman–Crippen LogP) is 2.72. The van der Waals surface area contributed by atoms with E-state index >= 15 is 0 Å². The largest absolute Gasteiger partial charge is 0.310 e. The summed E-state index contributed by atoms with van der Waals surface area (Å²) in [5.41, 5.74) is 2.68. The fourth-order valence-electron chi connectivity index (χ4n) is 1.77. The summed E-state index contributed by atoms with van der Waals surface area (Å²) >= 11 is 0. The van der Waals surface area contributed by atoms with Crippen molar-refractivity contribution in [2.24, 2.45) is 7.05 Å². The summed E-state index contributed by atoms with van der Waals surface area (Å²) in [6.45, 7) is 4.63. The van der Waals surface area contributed by atoms with Gasteiger partial charge in [-0.3, -0.25) is 4.68 Å². The van der Waals surface area contributed by atoms with Gasteiger partial charge in [-0.25, -0.2) is 4.39 Å². The highest BCUT2D eigenvalue weighted by molar-refractivity contribution is 5.62. The molecule has 1 aromatic heterocycles. The summed E-state index contributed by atoms with van der Waals surface area (Å²) in [4.78, 5) is 0. The molecule has 1 aromatic carbocycles. The summed E-state index contributed by atoms with van der Waals surface area (Å²) in [7, 11) is 1.87. The van der Waals surface area contributed by atoms with Crippen LogP contribution in [0.2, 0.25) is 0 Å². The number of hydrogen-bond donors (Lipinski definition) is 1. The van der Waals surface area contributed by atoms with Crippen LogP contribution in [0.3, 0.4) is 0 Å². The summed E-state index contributed by atoms with van der Waals surface area (Å²) in [5.74, 6) is -0.171. The molecule has 18 heavy (non-hydrogen) atoms. The highest BCUT2D eigenvalue weighted by Crippen LogP contribution is 2.21. The maximum Gasteiger partial charge on any atom is 0.127 e. The third-order valence-electron chi connectivity index (χ3n) is 2.78. The Morgan fingerprint density at radius 2 is 2.11 bits per heavy atom. The van der Waals surface area contributed by atoms with Crippen molar-refractivity contribution < 1.29 is 4.39 Å². The van der Waals surface area contributed by atoms with Crippen molar-refractivity contribution >= 4 is 0 Å². The molecule has 2 aromatic rings. The fraction of sp³-hybridized carbons (Fsp3) is 0.357. The van der Waals surface area contributed by atoms with Gasteiger partial charge in [0.15, 0.2) is 0 Å². The summed E-state index contributed by atoms with van der Waals surface area (Å²) < 4.78 is 15.4. The SMILES string of the molecule is CC(C)NCc1cc(-c2cnn(C)c2)ccc1F. The molecule has 0 fully saturated rings. The standard InChI is InChI=1S/C14H18FN3/c1-10(2)16-7-12-6-11(4-5-14(12)15)13-8-17-18(3)9-13/h4-6,8-10,16H,7H2,1-3H3. The average Bonchev–Trinajstić information content (AvgIpc) is 2.74. The predicted molar refractivity (Wildman–Crippen MR) is 70.6 cm³/mol. The molecule has 0 bridgehead atoms. The number of nitrogens with one attached hydrogen (secondary N) is 1. The first-order valence-corrected chi connectivity index (χ1v) is 6.07. The van der Waals surface area contributed by atoms with Gasteiger partial charge in [-0.15, -0.1) is 0 Å². The van der Waals surface area contributed by atoms with Crippen LogP contribution in [0.1, 0.15) is 19.4 Å². The monoisotopic (exact) mass is 247 g/mol. The first-order chi connectivity index (χ1) is 8.56. The van der Waals surface area contributed by atoms with E-state index in [1.807, 2.05) is 33.2 Å². The maximum atomic E-state index is 13.7. The van der Waals surface area contributed by atoms with Crippen LogP contribution in [-0.2, 0) is 13.6 Å². The number of hydrogen-bond acceptors (Lipinski definition) is 2. The summed E-state index contributed by atoms with van der Waals surface area (Å²) in [6, 6.07) is 5.51. The van der Waals surface area contributed by atoms with Gasteiger partial charge >= 0.3 is 0 Å². The molecule has 0 amide bonds. The van der Waals surface area contributed by atoms with Crippen LogP contribution in [0.25, 0.3) is 11.1 Å². The zero-order valence-corrected chi connectivity index (χ0v) is 10.9. The second kappa shape index (κ2) is 5.31. The summed E-state index contributed by atoms with van der Waals surface area (Å²) in [5, 5.41) is 7.35. The normalized spacial score (nSPS) is 11.2. The number of aryl methyl sites for hydroxylation is 1. The zero-order valence-electron chi connectivity index (χ0n) is 10.9. The third-order valence-corrected chi connectivity index (χ3v) is 2.78. The van der Waals surface area contributed by atoms with Gasteiger partial charge in [-0.05, 0) is 17.7 Å². The van der Waals surface area contributed by atoms with Crippen molar-refractivity contribution in [1.29, 1.82) is 0 Å². The molecule has 0 aliphatic carbocycles. The van der Waals surface area contributed by atoms with Crippen LogP contribution in [0.4, 0.5) is 4.39 Å². The van der Waals surface area contributed by atoms with Gasteiger partial charge in [0.1, 0.15) is 5.82 Å². The van der Waals surface area contributed by atoms with E-state index in [0.29, 0.717) is 18.2 Å². The molecule has 0 saturated carbocycles. The quantitative estimate of drug-likeness (QED) is 0.900. The molecule has 0 aliphatic rings. The van der Waals surface area contributed by atoms with Crippen LogP contribution in [0, 0.1) is 5.82 Å². The molecule has 0 saturated heterocycles. The lowest BCUT2D eigenvalue weighted by atomic mass is 10.1. The molecule has 4 heteroatoms. The van der Waals surface area contributed by atoms with Crippen molar-refractivity contribution in [2.75, 3.05) is 0 Å². The Kier molecular flexibility index (Phi) is 3.77. The molecule has 1 N–H and O–H groups in total. The van der Waals surface area contributed by atoms with Crippen molar-refractivity contribution in [1.82, 2.24) is 15.1 Å². The fourth-order valence-corrected chi connectivity index (χ4v) is 1.77. The van der Waals surface area contributed by atoms with Crippen LogP contribution < -0.4 is 5.32 Å². The molecule has 0 radical (unpaired) electrons. The second-order valence-electron chi connectivity index (χ2n) is 4.74. The first kappa shape index (κ1) is 12.8. The van der Waals surface area contributed by atoms with Crippen molar-refractivity contribution in [2.45, 2.75) is 26.4 Å². The maximum absolute atomic E-state index is 13.7. The Labute approximate surface area is 107 Å². The van der Waals surface area contributed by atoms with Gasteiger partial charge in [-0.2, -0.15) is 5.10 Å². The molecule has 0 unspecified atom stereocenters. The van der Waals surface area contributed by atoms with E-state index in [2.05, 4.69) is 10.4 Å². The molecule has 1 heterocycles. The molecule has 3 nitrogen and oxygen atoms in total. The lowest BCUT2D eigenvalue weighted by molar-refractivity contribution is 0.553. The Morgan fingerprint density at radius 1 is 1.33 bits per heavy atom. The Hall–Kier alpha value is -1.68. The molecule has 0 spiro atoms. The summed E-state index contributed by atoms with van der Waals surface area (Å²) in [6.07, 6.45) is 3.71. The van der Waals surface area contributed by atoms with E-state index in [-0.39, 0.29) is 5.82 Å². The van der Waals surface area contributed by atoms with Gasteiger partial charge in [0, 0.05) is 37.0 Å². The Bertz CT molecular complexity index is 532. The van der Waals surface area contributed by atoms with Crippen LogP contribution in [-0.4, -0.2) is 15.8 Å². The van der Waals surface area contributed by atoms with E-state index in [4.69, 9.17) is 0 Å². The van der Waals surface area contributed by atoms with E-state index < -0.39 is 0 Å².